The fourth-order valence-corrected chi connectivity index (χ4v) is 2.26. The zero-order valence-corrected chi connectivity index (χ0v) is 13.4. The molecule has 0 radical (unpaired) electrons. The zero-order valence-electron chi connectivity index (χ0n) is 13.4. The molecule has 0 aliphatic rings. The number of nitrogens with zero attached hydrogens (tertiary/aromatic N) is 2. The number of aryl methyl sites for hydroxylation is 2. The molecule has 2 amide bonds. The molecule has 2 rings (SSSR count). The van der Waals surface area contributed by atoms with Crippen LogP contribution in [0.25, 0.3) is 0 Å². The highest BCUT2D eigenvalue weighted by Crippen LogP contribution is 2.25. The van der Waals surface area contributed by atoms with E-state index in [1.807, 2.05) is 45.2 Å². The van der Waals surface area contributed by atoms with Crippen LogP contribution < -0.4 is 15.4 Å². The summed E-state index contributed by atoms with van der Waals surface area (Å²) in [6, 6.07) is 7.41. The number of nitrogens with one attached hydrogen (secondary N) is 2. The first-order valence-corrected chi connectivity index (χ1v) is 7.17. The Morgan fingerprint density at radius 3 is 2.82 bits per heavy atom. The second-order valence-electron chi connectivity index (χ2n) is 5.24. The number of carbonyl (C=O) groups excluding carboxylic acids is 1. The van der Waals surface area contributed by atoms with Crippen molar-refractivity contribution in [1.29, 1.82) is 0 Å². The van der Waals surface area contributed by atoms with E-state index >= 15 is 0 Å². The average Bonchev–Trinajstić information content (AvgIpc) is 2.90. The largest absolute Gasteiger partial charge is 0.496 e. The molecule has 0 bridgehead atoms. The first-order chi connectivity index (χ1) is 10.5. The van der Waals surface area contributed by atoms with E-state index in [0.29, 0.717) is 6.54 Å². The van der Waals surface area contributed by atoms with Crippen LogP contribution in [-0.4, -0.2) is 22.9 Å². The molecule has 1 atom stereocenters. The van der Waals surface area contributed by atoms with Crippen molar-refractivity contribution in [3.05, 3.63) is 47.3 Å². The van der Waals surface area contributed by atoms with E-state index in [-0.39, 0.29) is 12.1 Å². The lowest BCUT2D eigenvalue weighted by atomic mass is 10.0. The summed E-state index contributed by atoms with van der Waals surface area (Å²) in [6.45, 7) is 4.37. The third-order valence-corrected chi connectivity index (χ3v) is 3.55. The van der Waals surface area contributed by atoms with Gasteiger partial charge in [0.15, 0.2) is 0 Å². The number of aromatic nitrogens is 2. The number of urea groups is 1. The van der Waals surface area contributed by atoms with Crippen molar-refractivity contribution < 1.29 is 9.53 Å². The summed E-state index contributed by atoms with van der Waals surface area (Å²) in [4.78, 5) is 12.0. The molecule has 0 aliphatic heterocycles. The van der Waals surface area contributed by atoms with Crippen LogP contribution >= 0.6 is 0 Å². The average molecular weight is 302 g/mol. The number of methoxy groups -OCH3 is 1. The highest BCUT2D eigenvalue weighted by molar-refractivity contribution is 5.74. The van der Waals surface area contributed by atoms with Gasteiger partial charge in [-0.1, -0.05) is 17.7 Å². The van der Waals surface area contributed by atoms with Gasteiger partial charge in [-0.05, 0) is 26.0 Å². The summed E-state index contributed by atoms with van der Waals surface area (Å²) >= 11 is 0. The number of hydrogen-bond acceptors (Lipinski definition) is 3. The number of benzene rings is 1. The minimum atomic E-state index is -0.225. The topological polar surface area (TPSA) is 68.2 Å². The van der Waals surface area contributed by atoms with Gasteiger partial charge in [0, 0.05) is 18.8 Å². The van der Waals surface area contributed by atoms with Crippen LogP contribution in [0.2, 0.25) is 0 Å². The lowest BCUT2D eigenvalue weighted by molar-refractivity contribution is 0.237. The molecule has 1 aromatic heterocycles. The molecule has 2 N–H and O–H groups in total. The highest BCUT2D eigenvalue weighted by atomic mass is 16.5. The standard InChI is InChI=1S/C16H22N4O2/c1-11-5-6-15(22-4)14(9-11)12(2)19-16(21)17-10-13-7-8-18-20(13)3/h5-9,12H,10H2,1-4H3,(H2,17,19,21)/t12-/m0/s1. The first-order valence-electron chi connectivity index (χ1n) is 7.17. The van der Waals surface area contributed by atoms with Gasteiger partial charge in [-0.2, -0.15) is 5.10 Å². The molecule has 2 aromatic rings. The molecule has 0 spiro atoms. The molecular weight excluding hydrogens is 280 g/mol. The normalized spacial score (nSPS) is 11.8. The number of hydrogen-bond donors (Lipinski definition) is 2. The molecule has 6 nitrogen and oxygen atoms in total. The maximum Gasteiger partial charge on any atom is 0.315 e. The van der Waals surface area contributed by atoms with E-state index in [4.69, 9.17) is 4.74 Å². The van der Waals surface area contributed by atoms with E-state index in [1.54, 1.807) is 18.0 Å². The Hall–Kier alpha value is -2.50. The fraction of sp³-hybridized carbons (Fsp3) is 0.375. The van der Waals surface area contributed by atoms with Crippen molar-refractivity contribution in [2.24, 2.45) is 7.05 Å². The predicted molar refractivity (Wildman–Crippen MR) is 84.7 cm³/mol. The van der Waals surface area contributed by atoms with Gasteiger partial charge >= 0.3 is 6.03 Å². The van der Waals surface area contributed by atoms with Crippen LogP contribution in [0.4, 0.5) is 4.79 Å². The van der Waals surface area contributed by atoms with Gasteiger partial charge in [0.1, 0.15) is 5.75 Å². The van der Waals surface area contributed by atoms with Crippen molar-refractivity contribution in [2.75, 3.05) is 7.11 Å². The Balaban J connectivity index is 1.96. The molecule has 1 heterocycles. The van der Waals surface area contributed by atoms with Gasteiger partial charge in [-0.3, -0.25) is 4.68 Å². The van der Waals surface area contributed by atoms with Crippen molar-refractivity contribution in [3.63, 3.8) is 0 Å². The summed E-state index contributed by atoms with van der Waals surface area (Å²) in [5, 5.41) is 9.81. The van der Waals surface area contributed by atoms with Crippen molar-refractivity contribution in [3.8, 4) is 5.75 Å². The van der Waals surface area contributed by atoms with Gasteiger partial charge in [0.2, 0.25) is 0 Å². The fourth-order valence-electron chi connectivity index (χ4n) is 2.26. The molecule has 118 valence electrons. The Labute approximate surface area is 130 Å². The van der Waals surface area contributed by atoms with Crippen LogP contribution in [0.15, 0.2) is 30.5 Å². The van der Waals surface area contributed by atoms with Crippen LogP contribution in [0, 0.1) is 6.92 Å². The Morgan fingerprint density at radius 1 is 1.41 bits per heavy atom. The van der Waals surface area contributed by atoms with Gasteiger partial charge in [0.25, 0.3) is 0 Å². The third-order valence-electron chi connectivity index (χ3n) is 3.55. The van der Waals surface area contributed by atoms with Crippen LogP contribution in [0.1, 0.15) is 29.8 Å². The minimum Gasteiger partial charge on any atom is -0.496 e. The second kappa shape index (κ2) is 6.98. The maximum absolute atomic E-state index is 12.0. The SMILES string of the molecule is COc1ccc(C)cc1[C@H](C)NC(=O)NCc1ccnn1C. The predicted octanol–water partition coefficient (Wildman–Crippen LogP) is 2.30. The molecular formula is C16H22N4O2. The summed E-state index contributed by atoms with van der Waals surface area (Å²) in [5.41, 5.74) is 3.02. The number of amides is 2. The zero-order chi connectivity index (χ0) is 16.1. The van der Waals surface area contributed by atoms with Crippen LogP contribution in [0.5, 0.6) is 5.75 Å². The molecule has 0 unspecified atom stereocenters. The number of rotatable bonds is 5. The molecule has 6 heteroatoms. The molecule has 0 fully saturated rings. The minimum absolute atomic E-state index is 0.151. The number of ether oxygens (including phenoxy) is 1. The lowest BCUT2D eigenvalue weighted by Crippen LogP contribution is -2.37. The first kappa shape index (κ1) is 15.9. The summed E-state index contributed by atoms with van der Waals surface area (Å²) in [6.07, 6.45) is 1.70. The smallest absolute Gasteiger partial charge is 0.315 e. The van der Waals surface area contributed by atoms with Gasteiger partial charge in [-0.25, -0.2) is 4.79 Å². The molecule has 0 saturated heterocycles. The van der Waals surface area contributed by atoms with Crippen molar-refractivity contribution >= 4 is 6.03 Å². The molecule has 0 saturated carbocycles. The Kier molecular flexibility index (Phi) is 5.04. The van der Waals surface area contributed by atoms with Crippen molar-refractivity contribution in [1.82, 2.24) is 20.4 Å². The molecule has 1 aromatic carbocycles. The van der Waals surface area contributed by atoms with E-state index in [0.717, 1.165) is 22.6 Å². The summed E-state index contributed by atoms with van der Waals surface area (Å²) in [7, 11) is 3.47. The summed E-state index contributed by atoms with van der Waals surface area (Å²) < 4.78 is 7.08. The molecule has 22 heavy (non-hydrogen) atoms. The van der Waals surface area contributed by atoms with Crippen LogP contribution in [-0.2, 0) is 13.6 Å². The van der Waals surface area contributed by atoms with Crippen molar-refractivity contribution in [2.45, 2.75) is 26.4 Å². The Morgan fingerprint density at radius 2 is 2.18 bits per heavy atom. The Bertz CT molecular complexity index is 651. The van der Waals surface area contributed by atoms with Gasteiger partial charge in [0.05, 0.1) is 25.4 Å². The van der Waals surface area contributed by atoms with Gasteiger partial charge < -0.3 is 15.4 Å². The second-order valence-corrected chi connectivity index (χ2v) is 5.24. The monoisotopic (exact) mass is 302 g/mol. The number of carbonyl (C=O) groups is 1. The van der Waals surface area contributed by atoms with E-state index < -0.39 is 0 Å². The lowest BCUT2D eigenvalue weighted by Gasteiger charge is -2.18. The molecule has 0 aliphatic carbocycles. The van der Waals surface area contributed by atoms with E-state index in [2.05, 4.69) is 15.7 Å². The maximum atomic E-state index is 12.0. The highest BCUT2D eigenvalue weighted by Gasteiger charge is 2.14. The van der Waals surface area contributed by atoms with E-state index in [9.17, 15) is 4.79 Å². The third kappa shape index (κ3) is 3.78. The van der Waals surface area contributed by atoms with Crippen LogP contribution in [0.3, 0.4) is 0 Å². The van der Waals surface area contributed by atoms with Gasteiger partial charge in [-0.15, -0.1) is 0 Å². The van der Waals surface area contributed by atoms with E-state index in [1.165, 1.54) is 0 Å². The quantitative estimate of drug-likeness (QED) is 0.890. The summed E-state index contributed by atoms with van der Waals surface area (Å²) in [5.74, 6) is 0.769.